The molecule has 0 aliphatic rings. The van der Waals surface area contributed by atoms with E-state index in [0.717, 1.165) is 41.9 Å². The van der Waals surface area contributed by atoms with Gasteiger partial charge in [0.25, 0.3) is 0 Å². The number of unbranched alkanes of at least 4 members (excludes halogenated alkanes) is 4. The summed E-state index contributed by atoms with van der Waals surface area (Å²) in [7, 11) is 0. The summed E-state index contributed by atoms with van der Waals surface area (Å²) >= 11 is 0. The van der Waals surface area contributed by atoms with Crippen LogP contribution in [0.5, 0.6) is 17.2 Å². The van der Waals surface area contributed by atoms with Crippen molar-refractivity contribution in [2.24, 2.45) is 0 Å². The number of hydrogen-bond donors (Lipinski definition) is 1. The van der Waals surface area contributed by atoms with Crippen LogP contribution in [0.25, 0.3) is 0 Å². The van der Waals surface area contributed by atoms with Gasteiger partial charge in [0.05, 0.1) is 0 Å². The van der Waals surface area contributed by atoms with Crippen LogP contribution >= 0.6 is 0 Å². The summed E-state index contributed by atoms with van der Waals surface area (Å²) in [5, 5.41) is 11.0. The second kappa shape index (κ2) is 14.4. The standard InChI is InChI=1S/C36H50O3/c1-7-9-11-18-28-20-13-15-24-33(28)38-35(3,4)26-30-22-17-23-32(37)31(30)27-36(5,6)39-34-25-16-14-21-29(34)19-12-10-8-2/h13-17,20-25,37H,7-12,18-19,26-27H2,1-6H3. The summed E-state index contributed by atoms with van der Waals surface area (Å²) in [5.74, 6) is 2.22. The highest BCUT2D eigenvalue weighted by molar-refractivity contribution is 5.42. The van der Waals surface area contributed by atoms with E-state index >= 15 is 0 Å². The van der Waals surface area contributed by atoms with Gasteiger partial charge in [-0.25, -0.2) is 0 Å². The molecule has 0 spiro atoms. The van der Waals surface area contributed by atoms with Gasteiger partial charge in [0, 0.05) is 18.4 Å². The molecule has 0 aliphatic carbocycles. The van der Waals surface area contributed by atoms with Gasteiger partial charge in [-0.15, -0.1) is 0 Å². The predicted octanol–water partition coefficient (Wildman–Crippen LogP) is 9.66. The average Bonchev–Trinajstić information content (AvgIpc) is 2.88. The molecule has 3 nitrogen and oxygen atoms in total. The van der Waals surface area contributed by atoms with Crippen LogP contribution in [0, 0.1) is 0 Å². The minimum atomic E-state index is -0.495. The lowest BCUT2D eigenvalue weighted by Crippen LogP contribution is -2.34. The van der Waals surface area contributed by atoms with Crippen molar-refractivity contribution in [3.05, 3.63) is 89.0 Å². The lowest BCUT2D eigenvalue weighted by Gasteiger charge is -2.32. The SMILES string of the molecule is CCCCCc1ccccc1OC(C)(C)Cc1cccc(O)c1CC(C)(C)Oc1ccccc1CCCCC. The lowest BCUT2D eigenvalue weighted by molar-refractivity contribution is 0.101. The molecule has 3 aromatic rings. The highest BCUT2D eigenvalue weighted by atomic mass is 16.5. The smallest absolute Gasteiger partial charge is 0.123 e. The van der Waals surface area contributed by atoms with Gasteiger partial charge in [-0.1, -0.05) is 88.1 Å². The van der Waals surface area contributed by atoms with E-state index < -0.39 is 11.2 Å². The zero-order valence-electron chi connectivity index (χ0n) is 25.2. The molecule has 0 amide bonds. The Bertz CT molecular complexity index is 1160. The van der Waals surface area contributed by atoms with Gasteiger partial charge in [-0.2, -0.15) is 0 Å². The van der Waals surface area contributed by atoms with E-state index in [-0.39, 0.29) is 0 Å². The summed E-state index contributed by atoms with van der Waals surface area (Å²) in [5.41, 5.74) is 3.60. The van der Waals surface area contributed by atoms with E-state index in [1.807, 2.05) is 12.1 Å². The van der Waals surface area contributed by atoms with Crippen molar-refractivity contribution in [1.82, 2.24) is 0 Å². The third kappa shape index (κ3) is 9.64. The van der Waals surface area contributed by atoms with Crippen LogP contribution in [0.2, 0.25) is 0 Å². The molecule has 0 saturated carbocycles. The third-order valence-electron chi connectivity index (χ3n) is 7.28. The molecule has 39 heavy (non-hydrogen) atoms. The van der Waals surface area contributed by atoms with Crippen molar-refractivity contribution in [3.63, 3.8) is 0 Å². The minimum absolute atomic E-state index is 0.316. The molecule has 0 bridgehead atoms. The van der Waals surface area contributed by atoms with Crippen molar-refractivity contribution in [2.45, 2.75) is 117 Å². The molecule has 212 valence electrons. The monoisotopic (exact) mass is 530 g/mol. The number of hydrogen-bond acceptors (Lipinski definition) is 3. The molecule has 3 heteroatoms. The van der Waals surface area contributed by atoms with E-state index in [1.54, 1.807) is 6.07 Å². The average molecular weight is 531 g/mol. The highest BCUT2D eigenvalue weighted by Gasteiger charge is 2.28. The van der Waals surface area contributed by atoms with Crippen LogP contribution < -0.4 is 9.47 Å². The predicted molar refractivity (Wildman–Crippen MR) is 164 cm³/mol. The van der Waals surface area contributed by atoms with E-state index in [1.165, 1.54) is 43.2 Å². The third-order valence-corrected chi connectivity index (χ3v) is 7.28. The summed E-state index contributed by atoms with van der Waals surface area (Å²) < 4.78 is 13.3. The van der Waals surface area contributed by atoms with Crippen molar-refractivity contribution in [1.29, 1.82) is 0 Å². The second-order valence-corrected chi connectivity index (χ2v) is 12.1. The normalized spacial score (nSPS) is 11.9. The van der Waals surface area contributed by atoms with E-state index in [4.69, 9.17) is 9.47 Å². The number of para-hydroxylation sites is 2. The maximum atomic E-state index is 11.0. The van der Waals surface area contributed by atoms with Gasteiger partial charge in [0.2, 0.25) is 0 Å². The molecule has 0 fully saturated rings. The molecule has 3 aromatic carbocycles. The topological polar surface area (TPSA) is 38.7 Å². The Labute approximate surface area is 237 Å². The summed E-state index contributed by atoms with van der Waals surface area (Å²) in [4.78, 5) is 0. The Morgan fingerprint density at radius 2 is 1.03 bits per heavy atom. The Morgan fingerprint density at radius 3 is 1.54 bits per heavy atom. The molecule has 0 unspecified atom stereocenters. The zero-order valence-corrected chi connectivity index (χ0v) is 25.2. The number of aryl methyl sites for hydroxylation is 2. The van der Waals surface area contributed by atoms with Gasteiger partial charge in [-0.05, 0) is 88.3 Å². The molecule has 0 heterocycles. The Kier molecular flexibility index (Phi) is 11.3. The zero-order chi connectivity index (χ0) is 28.3. The number of aromatic hydroxyl groups is 1. The molecular weight excluding hydrogens is 480 g/mol. The van der Waals surface area contributed by atoms with Gasteiger partial charge in [0.15, 0.2) is 0 Å². The van der Waals surface area contributed by atoms with Crippen LogP contribution in [-0.2, 0) is 25.7 Å². The van der Waals surface area contributed by atoms with Crippen molar-refractivity contribution >= 4 is 0 Å². The summed E-state index contributed by atoms with van der Waals surface area (Å²) in [6.45, 7) is 13.0. The number of ether oxygens (including phenoxy) is 2. The second-order valence-electron chi connectivity index (χ2n) is 12.1. The maximum Gasteiger partial charge on any atom is 0.123 e. The quantitative estimate of drug-likeness (QED) is 0.187. The minimum Gasteiger partial charge on any atom is -0.508 e. The van der Waals surface area contributed by atoms with E-state index in [9.17, 15) is 5.11 Å². The first-order chi connectivity index (χ1) is 18.6. The number of rotatable bonds is 16. The Morgan fingerprint density at radius 1 is 0.564 bits per heavy atom. The van der Waals surface area contributed by atoms with Crippen LogP contribution in [0.15, 0.2) is 66.7 Å². The van der Waals surface area contributed by atoms with Crippen LogP contribution in [-0.4, -0.2) is 16.3 Å². The molecule has 3 rings (SSSR count). The van der Waals surface area contributed by atoms with Gasteiger partial charge in [-0.3, -0.25) is 0 Å². The van der Waals surface area contributed by atoms with Crippen LogP contribution in [0.4, 0.5) is 0 Å². The number of phenolic OH excluding ortho intramolecular Hbond substituents is 1. The largest absolute Gasteiger partial charge is 0.508 e. The number of phenols is 1. The van der Waals surface area contributed by atoms with Crippen LogP contribution in [0.3, 0.4) is 0 Å². The first-order valence-corrected chi connectivity index (χ1v) is 15.0. The molecule has 1 N–H and O–H groups in total. The highest BCUT2D eigenvalue weighted by Crippen LogP contribution is 2.34. The molecular formula is C36H50O3. The van der Waals surface area contributed by atoms with Gasteiger partial charge < -0.3 is 14.6 Å². The first kappa shape index (κ1) is 30.6. The number of benzene rings is 3. The molecule has 0 aliphatic heterocycles. The van der Waals surface area contributed by atoms with E-state index in [2.05, 4.69) is 90.1 Å². The first-order valence-electron chi connectivity index (χ1n) is 15.0. The van der Waals surface area contributed by atoms with Crippen molar-refractivity contribution in [2.75, 3.05) is 0 Å². The molecule has 0 saturated heterocycles. The van der Waals surface area contributed by atoms with Crippen molar-refractivity contribution < 1.29 is 14.6 Å². The lowest BCUT2D eigenvalue weighted by atomic mass is 9.88. The molecule has 0 aromatic heterocycles. The van der Waals surface area contributed by atoms with E-state index in [0.29, 0.717) is 18.6 Å². The van der Waals surface area contributed by atoms with Crippen molar-refractivity contribution in [3.8, 4) is 17.2 Å². The maximum absolute atomic E-state index is 11.0. The fraction of sp³-hybridized carbons (Fsp3) is 0.500. The summed E-state index contributed by atoms with van der Waals surface area (Å²) in [6, 6.07) is 22.6. The fourth-order valence-corrected chi connectivity index (χ4v) is 5.29. The van der Waals surface area contributed by atoms with Gasteiger partial charge >= 0.3 is 0 Å². The van der Waals surface area contributed by atoms with Crippen LogP contribution in [0.1, 0.15) is 102 Å². The molecule has 0 radical (unpaired) electrons. The summed E-state index contributed by atoms with van der Waals surface area (Å²) in [6.07, 6.45) is 10.5. The molecule has 0 atom stereocenters. The van der Waals surface area contributed by atoms with Gasteiger partial charge in [0.1, 0.15) is 28.5 Å². The Hall–Kier alpha value is -2.94. The fourth-order valence-electron chi connectivity index (χ4n) is 5.29. The Balaban J connectivity index is 1.77.